The summed E-state index contributed by atoms with van der Waals surface area (Å²) in [6.07, 6.45) is 2.07. The summed E-state index contributed by atoms with van der Waals surface area (Å²) in [7, 11) is 0. The van der Waals surface area contributed by atoms with E-state index in [4.69, 9.17) is 0 Å². The molecule has 0 spiro atoms. The van der Waals surface area contributed by atoms with Crippen LogP contribution in [0.1, 0.15) is 27.9 Å². The van der Waals surface area contributed by atoms with E-state index in [1.165, 1.54) is 23.3 Å². The first-order valence-electron chi connectivity index (χ1n) is 10.5. The number of aromatic nitrogens is 1. The Bertz CT molecular complexity index is 1130. The molecule has 3 aromatic carbocycles. The van der Waals surface area contributed by atoms with Crippen molar-refractivity contribution in [2.45, 2.75) is 33.1 Å². The van der Waals surface area contributed by atoms with Crippen LogP contribution in [0.25, 0.3) is 0 Å². The molecule has 4 rings (SSSR count). The van der Waals surface area contributed by atoms with Gasteiger partial charge in [-0.15, -0.1) is 0 Å². The highest BCUT2D eigenvalue weighted by molar-refractivity contribution is 5.24. The van der Waals surface area contributed by atoms with E-state index in [0.717, 1.165) is 23.9 Å². The Morgan fingerprint density at radius 2 is 1.55 bits per heavy atom. The maximum Gasteiger partial charge on any atom is 0.127 e. The van der Waals surface area contributed by atoms with Gasteiger partial charge in [-0.05, 0) is 48.4 Å². The molecule has 0 aliphatic carbocycles. The second kappa shape index (κ2) is 9.71. The van der Waals surface area contributed by atoms with Crippen molar-refractivity contribution in [2.75, 3.05) is 0 Å². The maximum absolute atomic E-state index is 14.4. The Labute approximate surface area is 182 Å². The van der Waals surface area contributed by atoms with Crippen LogP contribution in [-0.2, 0) is 26.2 Å². The standard InChI is InChI=1S/C27H26F2N2/c1-21-7-5-10-23(15-21)18-31-14-6-11-26(31)20-30(17-22-8-3-2-4-9-22)19-24-16-25(28)12-13-27(24)29/h2-16H,17-20H2,1H3. The molecule has 2 nitrogen and oxygen atoms in total. The summed E-state index contributed by atoms with van der Waals surface area (Å²) >= 11 is 0. The van der Waals surface area contributed by atoms with Crippen molar-refractivity contribution in [1.29, 1.82) is 0 Å². The Kier molecular flexibility index (Phi) is 6.58. The third kappa shape index (κ3) is 5.68. The van der Waals surface area contributed by atoms with Crippen molar-refractivity contribution in [1.82, 2.24) is 9.47 Å². The average molecular weight is 417 g/mol. The van der Waals surface area contributed by atoms with Crippen LogP contribution in [0.5, 0.6) is 0 Å². The topological polar surface area (TPSA) is 8.17 Å². The number of hydrogen-bond acceptors (Lipinski definition) is 1. The fourth-order valence-corrected chi connectivity index (χ4v) is 3.90. The molecule has 0 fully saturated rings. The molecule has 0 unspecified atom stereocenters. The van der Waals surface area contributed by atoms with E-state index in [0.29, 0.717) is 25.2 Å². The van der Waals surface area contributed by atoms with Gasteiger partial charge in [0.05, 0.1) is 0 Å². The van der Waals surface area contributed by atoms with Crippen LogP contribution in [0.3, 0.4) is 0 Å². The number of hydrogen-bond donors (Lipinski definition) is 0. The molecular weight excluding hydrogens is 390 g/mol. The largest absolute Gasteiger partial charge is 0.346 e. The predicted molar refractivity (Wildman–Crippen MR) is 120 cm³/mol. The third-order valence-electron chi connectivity index (χ3n) is 5.40. The average Bonchev–Trinajstić information content (AvgIpc) is 3.18. The monoisotopic (exact) mass is 416 g/mol. The first kappa shape index (κ1) is 21.0. The summed E-state index contributed by atoms with van der Waals surface area (Å²) in [6.45, 7) is 4.47. The molecule has 0 aliphatic rings. The fourth-order valence-electron chi connectivity index (χ4n) is 3.90. The van der Waals surface area contributed by atoms with E-state index in [1.807, 2.05) is 24.3 Å². The van der Waals surface area contributed by atoms with E-state index < -0.39 is 5.82 Å². The Hall–Kier alpha value is -3.24. The maximum atomic E-state index is 14.4. The number of rotatable bonds is 8. The van der Waals surface area contributed by atoms with Gasteiger partial charge in [-0.1, -0.05) is 60.2 Å². The molecular formula is C27H26F2N2. The zero-order valence-electron chi connectivity index (χ0n) is 17.6. The smallest absolute Gasteiger partial charge is 0.127 e. The summed E-state index contributed by atoms with van der Waals surface area (Å²) in [5.41, 5.74) is 5.11. The van der Waals surface area contributed by atoms with Crippen molar-refractivity contribution in [3.63, 3.8) is 0 Å². The fraction of sp³-hybridized carbons (Fsp3) is 0.185. The number of halogens is 2. The molecule has 31 heavy (non-hydrogen) atoms. The lowest BCUT2D eigenvalue weighted by Crippen LogP contribution is -2.24. The van der Waals surface area contributed by atoms with Gasteiger partial charge in [0.1, 0.15) is 11.6 Å². The van der Waals surface area contributed by atoms with Gasteiger partial charge in [0.25, 0.3) is 0 Å². The van der Waals surface area contributed by atoms with Crippen LogP contribution in [0.2, 0.25) is 0 Å². The Balaban J connectivity index is 1.57. The van der Waals surface area contributed by atoms with Crippen LogP contribution in [0.15, 0.2) is 91.1 Å². The lowest BCUT2D eigenvalue weighted by Gasteiger charge is -2.24. The molecule has 0 aliphatic heterocycles. The minimum atomic E-state index is -0.418. The first-order valence-corrected chi connectivity index (χ1v) is 10.5. The summed E-state index contributed by atoms with van der Waals surface area (Å²) in [5, 5.41) is 0. The second-order valence-electron chi connectivity index (χ2n) is 7.98. The minimum absolute atomic E-state index is 0.327. The van der Waals surface area contributed by atoms with Crippen molar-refractivity contribution in [2.24, 2.45) is 0 Å². The van der Waals surface area contributed by atoms with Gasteiger partial charge in [0, 0.05) is 43.6 Å². The lowest BCUT2D eigenvalue weighted by atomic mass is 10.1. The molecule has 0 amide bonds. The quantitative estimate of drug-likeness (QED) is 0.326. The molecule has 1 heterocycles. The number of aryl methyl sites for hydroxylation is 1. The highest BCUT2D eigenvalue weighted by Crippen LogP contribution is 2.18. The van der Waals surface area contributed by atoms with E-state index in [1.54, 1.807) is 0 Å². The molecule has 0 atom stereocenters. The molecule has 0 N–H and O–H groups in total. The molecule has 0 bridgehead atoms. The highest BCUT2D eigenvalue weighted by atomic mass is 19.1. The molecule has 158 valence electrons. The summed E-state index contributed by atoms with van der Waals surface area (Å²) in [4.78, 5) is 2.15. The molecule has 1 aromatic heterocycles. The van der Waals surface area contributed by atoms with Crippen molar-refractivity contribution in [3.05, 3.63) is 131 Å². The summed E-state index contributed by atoms with van der Waals surface area (Å²) in [5.74, 6) is -0.798. The van der Waals surface area contributed by atoms with E-state index in [-0.39, 0.29) is 5.82 Å². The summed E-state index contributed by atoms with van der Waals surface area (Å²) in [6, 6.07) is 26.3. The molecule has 0 saturated heterocycles. The van der Waals surface area contributed by atoms with Crippen LogP contribution in [0.4, 0.5) is 8.78 Å². The van der Waals surface area contributed by atoms with Gasteiger partial charge in [0.15, 0.2) is 0 Å². The zero-order chi connectivity index (χ0) is 21.6. The normalized spacial score (nSPS) is 11.2. The first-order chi connectivity index (χ1) is 15.1. The predicted octanol–water partition coefficient (Wildman–Crippen LogP) is 6.33. The van der Waals surface area contributed by atoms with Gasteiger partial charge < -0.3 is 4.57 Å². The third-order valence-corrected chi connectivity index (χ3v) is 5.40. The van der Waals surface area contributed by atoms with Crippen molar-refractivity contribution < 1.29 is 8.78 Å². The lowest BCUT2D eigenvalue weighted by molar-refractivity contribution is 0.238. The highest BCUT2D eigenvalue weighted by Gasteiger charge is 2.14. The van der Waals surface area contributed by atoms with Gasteiger partial charge in [-0.25, -0.2) is 8.78 Å². The van der Waals surface area contributed by atoms with Crippen LogP contribution < -0.4 is 0 Å². The molecule has 0 saturated carbocycles. The van der Waals surface area contributed by atoms with Crippen molar-refractivity contribution >= 4 is 0 Å². The zero-order valence-corrected chi connectivity index (χ0v) is 17.6. The van der Waals surface area contributed by atoms with Gasteiger partial charge in [-0.2, -0.15) is 0 Å². The van der Waals surface area contributed by atoms with Crippen LogP contribution >= 0.6 is 0 Å². The molecule has 0 radical (unpaired) electrons. The van der Waals surface area contributed by atoms with Crippen LogP contribution in [-0.4, -0.2) is 9.47 Å². The summed E-state index contributed by atoms with van der Waals surface area (Å²) < 4.78 is 30.3. The van der Waals surface area contributed by atoms with Crippen molar-refractivity contribution in [3.8, 4) is 0 Å². The minimum Gasteiger partial charge on any atom is -0.346 e. The van der Waals surface area contributed by atoms with Gasteiger partial charge >= 0.3 is 0 Å². The van der Waals surface area contributed by atoms with E-state index >= 15 is 0 Å². The number of nitrogens with zero attached hydrogens (tertiary/aromatic N) is 2. The Morgan fingerprint density at radius 1 is 0.742 bits per heavy atom. The van der Waals surface area contributed by atoms with Gasteiger partial charge in [0.2, 0.25) is 0 Å². The van der Waals surface area contributed by atoms with Gasteiger partial charge in [-0.3, -0.25) is 4.90 Å². The van der Waals surface area contributed by atoms with E-state index in [9.17, 15) is 8.78 Å². The molecule has 4 aromatic rings. The SMILES string of the molecule is Cc1cccc(Cn2cccc2CN(Cc2ccccc2)Cc2cc(F)ccc2F)c1. The van der Waals surface area contributed by atoms with Crippen LogP contribution in [0, 0.1) is 18.6 Å². The second-order valence-corrected chi connectivity index (χ2v) is 7.98. The molecule has 4 heteroatoms. The number of benzene rings is 3. The van der Waals surface area contributed by atoms with E-state index in [2.05, 4.69) is 65.1 Å². The Morgan fingerprint density at radius 3 is 2.35 bits per heavy atom.